The largest absolute Gasteiger partial charge is 0.477 e. The van der Waals surface area contributed by atoms with Crippen LogP contribution in [0.3, 0.4) is 0 Å². The van der Waals surface area contributed by atoms with E-state index in [1.807, 2.05) is 4.90 Å². The molecule has 2 heterocycles. The van der Waals surface area contributed by atoms with Crippen LogP contribution in [0.25, 0.3) is 0 Å². The van der Waals surface area contributed by atoms with Crippen LogP contribution >= 0.6 is 0 Å². The number of nitrogens with zero attached hydrogens (tertiary/aromatic N) is 3. The molecule has 2 N–H and O–H groups in total. The quantitative estimate of drug-likeness (QED) is 0.720. The van der Waals surface area contributed by atoms with Crippen LogP contribution in [0.15, 0.2) is 6.33 Å². The number of hydrogen-bond acceptors (Lipinski definition) is 5. The molecule has 86 valence electrons. The van der Waals surface area contributed by atoms with Crippen LogP contribution in [0.5, 0.6) is 0 Å². The van der Waals surface area contributed by atoms with Gasteiger partial charge in [0.15, 0.2) is 5.69 Å². The Labute approximate surface area is 92.6 Å². The molecule has 0 spiro atoms. The van der Waals surface area contributed by atoms with Crippen LogP contribution in [0, 0.1) is 0 Å². The number of aliphatic hydroxyl groups is 1. The van der Waals surface area contributed by atoms with Gasteiger partial charge in [0.1, 0.15) is 6.33 Å². The SMILES string of the molecule is O=C(O)c1ncnc2c1CCN(CCO)C2. The Morgan fingerprint density at radius 3 is 3.00 bits per heavy atom. The number of carboxylic acid groups (broad SMARTS) is 1. The van der Waals surface area contributed by atoms with E-state index in [0.717, 1.165) is 17.8 Å². The molecule has 0 aromatic carbocycles. The maximum atomic E-state index is 10.9. The maximum Gasteiger partial charge on any atom is 0.354 e. The first-order chi connectivity index (χ1) is 7.72. The third-order valence-corrected chi connectivity index (χ3v) is 2.70. The summed E-state index contributed by atoms with van der Waals surface area (Å²) < 4.78 is 0. The first kappa shape index (κ1) is 11.0. The molecular weight excluding hydrogens is 210 g/mol. The molecule has 2 rings (SSSR count). The summed E-state index contributed by atoms with van der Waals surface area (Å²) >= 11 is 0. The first-order valence-electron chi connectivity index (χ1n) is 5.11. The zero-order chi connectivity index (χ0) is 11.5. The van der Waals surface area contributed by atoms with Gasteiger partial charge < -0.3 is 10.2 Å². The van der Waals surface area contributed by atoms with Crippen LogP contribution in [0.4, 0.5) is 0 Å². The summed E-state index contributed by atoms with van der Waals surface area (Å²) in [4.78, 5) is 20.9. The Balaban J connectivity index is 2.27. The fourth-order valence-electron chi connectivity index (χ4n) is 1.93. The van der Waals surface area contributed by atoms with Crippen molar-refractivity contribution in [2.45, 2.75) is 13.0 Å². The van der Waals surface area contributed by atoms with Crippen molar-refractivity contribution < 1.29 is 15.0 Å². The summed E-state index contributed by atoms with van der Waals surface area (Å²) in [5.41, 5.74) is 1.59. The highest BCUT2D eigenvalue weighted by Crippen LogP contribution is 2.18. The minimum Gasteiger partial charge on any atom is -0.477 e. The predicted molar refractivity (Wildman–Crippen MR) is 55.1 cm³/mol. The topological polar surface area (TPSA) is 86.5 Å². The van der Waals surface area contributed by atoms with E-state index >= 15 is 0 Å². The Bertz CT molecular complexity index is 408. The second kappa shape index (κ2) is 4.54. The second-order valence-electron chi connectivity index (χ2n) is 3.70. The Morgan fingerprint density at radius 1 is 1.50 bits per heavy atom. The highest BCUT2D eigenvalue weighted by Gasteiger charge is 2.22. The number of aromatic nitrogens is 2. The highest BCUT2D eigenvalue weighted by atomic mass is 16.4. The average Bonchev–Trinajstić information content (AvgIpc) is 2.28. The molecule has 1 aromatic rings. The smallest absolute Gasteiger partial charge is 0.354 e. The number of rotatable bonds is 3. The van der Waals surface area contributed by atoms with Crippen LogP contribution in [0.1, 0.15) is 21.7 Å². The van der Waals surface area contributed by atoms with Crippen molar-refractivity contribution in [3.05, 3.63) is 23.3 Å². The zero-order valence-electron chi connectivity index (χ0n) is 8.76. The van der Waals surface area contributed by atoms with E-state index in [1.54, 1.807) is 0 Å². The Kier molecular flexibility index (Phi) is 3.12. The van der Waals surface area contributed by atoms with Gasteiger partial charge in [-0.15, -0.1) is 0 Å². The maximum absolute atomic E-state index is 10.9. The normalized spacial score (nSPS) is 15.8. The van der Waals surface area contributed by atoms with Crippen molar-refractivity contribution >= 4 is 5.97 Å². The van der Waals surface area contributed by atoms with E-state index in [-0.39, 0.29) is 12.3 Å². The van der Waals surface area contributed by atoms with E-state index < -0.39 is 5.97 Å². The van der Waals surface area contributed by atoms with Gasteiger partial charge in [-0.25, -0.2) is 14.8 Å². The number of carbonyl (C=O) groups is 1. The molecule has 0 amide bonds. The monoisotopic (exact) mass is 223 g/mol. The molecule has 6 heteroatoms. The van der Waals surface area contributed by atoms with Gasteiger partial charge in [0, 0.05) is 25.2 Å². The number of β-amino-alcohol motifs (C(OH)–C–C–N with tert-alkyl or cyclic N) is 1. The molecule has 0 atom stereocenters. The molecule has 16 heavy (non-hydrogen) atoms. The molecule has 0 unspecified atom stereocenters. The highest BCUT2D eigenvalue weighted by molar-refractivity contribution is 5.87. The van der Waals surface area contributed by atoms with Crippen LogP contribution < -0.4 is 0 Å². The van der Waals surface area contributed by atoms with Crippen LogP contribution in [0.2, 0.25) is 0 Å². The third kappa shape index (κ3) is 2.02. The van der Waals surface area contributed by atoms with Gasteiger partial charge in [0.05, 0.1) is 12.3 Å². The summed E-state index contributed by atoms with van der Waals surface area (Å²) in [7, 11) is 0. The number of aliphatic hydroxyl groups excluding tert-OH is 1. The summed E-state index contributed by atoms with van der Waals surface area (Å²) in [5.74, 6) is -1.01. The van der Waals surface area contributed by atoms with Gasteiger partial charge in [0.2, 0.25) is 0 Å². The third-order valence-electron chi connectivity index (χ3n) is 2.70. The summed E-state index contributed by atoms with van der Waals surface area (Å²) in [6, 6.07) is 0. The standard InChI is InChI=1S/C10H13N3O3/c14-4-3-13-2-1-7-8(5-13)11-6-12-9(7)10(15)16/h6,14H,1-5H2,(H,15,16). The van der Waals surface area contributed by atoms with Gasteiger partial charge in [-0.1, -0.05) is 0 Å². The molecule has 0 aliphatic carbocycles. The summed E-state index contributed by atoms with van der Waals surface area (Å²) in [6.45, 7) is 2.01. The lowest BCUT2D eigenvalue weighted by Crippen LogP contribution is -2.34. The molecule has 0 fully saturated rings. The van der Waals surface area contributed by atoms with E-state index in [1.165, 1.54) is 6.33 Å². The fourth-order valence-corrected chi connectivity index (χ4v) is 1.93. The molecule has 6 nitrogen and oxygen atoms in total. The van der Waals surface area contributed by atoms with Crippen molar-refractivity contribution in [3.63, 3.8) is 0 Å². The number of hydrogen-bond donors (Lipinski definition) is 2. The van der Waals surface area contributed by atoms with Crippen molar-refractivity contribution in [2.24, 2.45) is 0 Å². The van der Waals surface area contributed by atoms with E-state index in [0.29, 0.717) is 19.5 Å². The molecule has 0 bridgehead atoms. The Morgan fingerprint density at radius 2 is 2.31 bits per heavy atom. The number of fused-ring (bicyclic) bond motifs is 1. The van der Waals surface area contributed by atoms with Crippen molar-refractivity contribution in [1.82, 2.24) is 14.9 Å². The predicted octanol–water partition coefficient (Wildman–Crippen LogP) is -0.475. The fraction of sp³-hybridized carbons (Fsp3) is 0.500. The molecule has 1 aliphatic rings. The zero-order valence-corrected chi connectivity index (χ0v) is 8.76. The lowest BCUT2D eigenvalue weighted by Gasteiger charge is -2.27. The number of aromatic carboxylic acids is 1. The van der Waals surface area contributed by atoms with Crippen LogP contribution in [-0.2, 0) is 13.0 Å². The van der Waals surface area contributed by atoms with E-state index in [4.69, 9.17) is 10.2 Å². The van der Waals surface area contributed by atoms with E-state index in [9.17, 15) is 4.79 Å². The van der Waals surface area contributed by atoms with Crippen molar-refractivity contribution in [3.8, 4) is 0 Å². The molecule has 0 saturated heterocycles. The lowest BCUT2D eigenvalue weighted by atomic mass is 10.0. The first-order valence-corrected chi connectivity index (χ1v) is 5.11. The minimum atomic E-state index is -1.01. The second-order valence-corrected chi connectivity index (χ2v) is 3.70. The van der Waals surface area contributed by atoms with Gasteiger partial charge >= 0.3 is 5.97 Å². The van der Waals surface area contributed by atoms with E-state index in [2.05, 4.69) is 9.97 Å². The molecule has 1 aromatic heterocycles. The molecule has 0 radical (unpaired) electrons. The summed E-state index contributed by atoms with van der Waals surface area (Å²) in [5, 5.41) is 17.8. The van der Waals surface area contributed by atoms with Gasteiger partial charge in [-0.2, -0.15) is 0 Å². The lowest BCUT2D eigenvalue weighted by molar-refractivity contribution is 0.0687. The molecular formula is C10H13N3O3. The van der Waals surface area contributed by atoms with Crippen molar-refractivity contribution in [2.75, 3.05) is 19.7 Å². The van der Waals surface area contributed by atoms with Gasteiger partial charge in [-0.05, 0) is 6.42 Å². The van der Waals surface area contributed by atoms with Crippen LogP contribution in [-0.4, -0.2) is 50.7 Å². The van der Waals surface area contributed by atoms with Crippen molar-refractivity contribution in [1.29, 1.82) is 0 Å². The molecule has 1 aliphatic heterocycles. The average molecular weight is 223 g/mol. The van der Waals surface area contributed by atoms with Gasteiger partial charge in [0.25, 0.3) is 0 Å². The summed E-state index contributed by atoms with van der Waals surface area (Å²) in [6.07, 6.45) is 1.91. The molecule has 0 saturated carbocycles. The van der Waals surface area contributed by atoms with Gasteiger partial charge in [-0.3, -0.25) is 4.90 Å². The minimum absolute atomic E-state index is 0.103. The number of carboxylic acids is 1. The Hall–Kier alpha value is -1.53.